The average Bonchev–Trinajstić information content (AvgIpc) is 2.63. The predicted molar refractivity (Wildman–Crippen MR) is 108 cm³/mol. The third kappa shape index (κ3) is 5.67. The number of hydrogen-bond acceptors (Lipinski definition) is 5. The summed E-state index contributed by atoms with van der Waals surface area (Å²) in [5, 5.41) is 0. The van der Waals surface area contributed by atoms with Crippen LogP contribution in [-0.4, -0.2) is 64.9 Å². The molecule has 3 rings (SSSR count). The van der Waals surface area contributed by atoms with Crippen molar-refractivity contribution in [3.05, 3.63) is 24.0 Å². The summed E-state index contributed by atoms with van der Waals surface area (Å²) >= 11 is -0.740. The van der Waals surface area contributed by atoms with E-state index in [0.717, 1.165) is 12.8 Å². The van der Waals surface area contributed by atoms with Crippen LogP contribution in [0.25, 0.3) is 0 Å². The summed E-state index contributed by atoms with van der Waals surface area (Å²) in [5.74, 6) is 1.47. The number of benzene rings is 1. The van der Waals surface area contributed by atoms with Gasteiger partial charge in [0, 0.05) is 45.1 Å². The molecule has 0 aliphatic carbocycles. The summed E-state index contributed by atoms with van der Waals surface area (Å²) in [7, 11) is 0. The lowest BCUT2D eigenvalue weighted by atomic mass is 10.2. The molecule has 2 aliphatic heterocycles. The fourth-order valence-corrected chi connectivity index (χ4v) is 4.61. The average molecular weight is 413 g/mol. The molecule has 2 fully saturated rings. The van der Waals surface area contributed by atoms with Gasteiger partial charge in [-0.05, 0) is 32.9 Å². The zero-order valence-electron chi connectivity index (χ0n) is 16.8. The Kier molecular flexibility index (Phi) is 6.60. The normalized spacial score (nSPS) is 23.5. The van der Waals surface area contributed by atoms with Crippen molar-refractivity contribution in [2.75, 3.05) is 42.6 Å². The van der Waals surface area contributed by atoms with Crippen molar-refractivity contribution in [2.24, 2.45) is 0 Å². The van der Waals surface area contributed by atoms with E-state index >= 15 is 0 Å². The first-order valence-electron chi connectivity index (χ1n) is 9.75. The van der Waals surface area contributed by atoms with E-state index in [2.05, 4.69) is 0 Å². The molecule has 1 aromatic carbocycles. The van der Waals surface area contributed by atoms with Crippen LogP contribution < -0.4 is 9.64 Å². The van der Waals surface area contributed by atoms with E-state index in [-0.39, 0.29) is 18.0 Å². The van der Waals surface area contributed by atoms with E-state index < -0.39 is 16.8 Å². The molecule has 1 amide bonds. The summed E-state index contributed by atoms with van der Waals surface area (Å²) < 4.78 is 37.3. The molecule has 2 aliphatic rings. The molecule has 6 nitrogen and oxygen atoms in total. The van der Waals surface area contributed by atoms with Gasteiger partial charge in [-0.25, -0.2) is 9.18 Å². The predicted octanol–water partition coefficient (Wildman–Crippen LogP) is 3.17. The van der Waals surface area contributed by atoms with E-state index in [9.17, 15) is 13.7 Å². The van der Waals surface area contributed by atoms with Gasteiger partial charge < -0.3 is 23.8 Å². The van der Waals surface area contributed by atoms with Gasteiger partial charge in [0.1, 0.15) is 34.8 Å². The minimum absolute atomic E-state index is 0.000300. The minimum Gasteiger partial charge on any atom is -0.616 e. The molecular formula is C20H29FN2O4S. The fourth-order valence-electron chi connectivity index (χ4n) is 3.36. The summed E-state index contributed by atoms with van der Waals surface area (Å²) in [5.41, 5.74) is -0.00952. The molecule has 0 aromatic heterocycles. The van der Waals surface area contributed by atoms with Gasteiger partial charge in [-0.2, -0.15) is 0 Å². The second-order valence-corrected chi connectivity index (χ2v) is 9.93. The molecular weight excluding hydrogens is 383 g/mol. The molecule has 28 heavy (non-hydrogen) atoms. The SMILES string of the molecule is CC(C)(C)OC(=O)N1CCN(c2ccc(O[C@H]3CC[S@@+]([O-])CC3)cc2F)CC1. The van der Waals surface area contributed by atoms with Crippen LogP contribution in [0.4, 0.5) is 14.9 Å². The Hall–Kier alpha value is -1.67. The lowest BCUT2D eigenvalue weighted by Crippen LogP contribution is -2.50. The Labute approximate surface area is 169 Å². The van der Waals surface area contributed by atoms with Crippen molar-refractivity contribution in [3.8, 4) is 5.75 Å². The smallest absolute Gasteiger partial charge is 0.410 e. The number of carbonyl (C=O) groups excluding carboxylic acids is 1. The monoisotopic (exact) mass is 412 g/mol. The number of halogens is 1. The van der Waals surface area contributed by atoms with E-state index in [1.807, 2.05) is 25.7 Å². The maximum absolute atomic E-state index is 14.7. The Morgan fingerprint density at radius 3 is 2.39 bits per heavy atom. The summed E-state index contributed by atoms with van der Waals surface area (Å²) in [4.78, 5) is 15.7. The largest absolute Gasteiger partial charge is 0.616 e. The van der Waals surface area contributed by atoms with Gasteiger partial charge in [0.05, 0.1) is 5.69 Å². The van der Waals surface area contributed by atoms with Crippen LogP contribution in [0.3, 0.4) is 0 Å². The Morgan fingerprint density at radius 2 is 1.82 bits per heavy atom. The van der Waals surface area contributed by atoms with Gasteiger partial charge in [0.25, 0.3) is 0 Å². The van der Waals surface area contributed by atoms with Gasteiger partial charge in [-0.15, -0.1) is 0 Å². The fraction of sp³-hybridized carbons (Fsp3) is 0.650. The second kappa shape index (κ2) is 8.78. The highest BCUT2D eigenvalue weighted by Gasteiger charge is 2.27. The molecule has 0 atom stereocenters. The van der Waals surface area contributed by atoms with Gasteiger partial charge >= 0.3 is 6.09 Å². The highest BCUT2D eigenvalue weighted by Crippen LogP contribution is 2.27. The van der Waals surface area contributed by atoms with Gasteiger partial charge in [0.2, 0.25) is 0 Å². The lowest BCUT2D eigenvalue weighted by Gasteiger charge is -2.36. The van der Waals surface area contributed by atoms with Crippen LogP contribution in [0, 0.1) is 5.82 Å². The van der Waals surface area contributed by atoms with Crippen molar-refractivity contribution >= 4 is 23.0 Å². The molecule has 0 saturated carbocycles. The Balaban J connectivity index is 1.54. The van der Waals surface area contributed by atoms with Crippen LogP contribution in [0.2, 0.25) is 0 Å². The van der Waals surface area contributed by atoms with E-state index in [0.29, 0.717) is 49.1 Å². The van der Waals surface area contributed by atoms with Crippen LogP contribution in [0.5, 0.6) is 5.75 Å². The van der Waals surface area contributed by atoms with Gasteiger partial charge in [0.15, 0.2) is 0 Å². The van der Waals surface area contributed by atoms with E-state index in [1.54, 1.807) is 17.0 Å². The van der Waals surface area contributed by atoms with Crippen LogP contribution in [-0.2, 0) is 15.9 Å². The van der Waals surface area contributed by atoms with Gasteiger partial charge in [-0.1, -0.05) is 11.2 Å². The molecule has 0 radical (unpaired) electrons. The van der Waals surface area contributed by atoms with Crippen molar-refractivity contribution < 1.29 is 23.2 Å². The van der Waals surface area contributed by atoms with Crippen LogP contribution in [0.1, 0.15) is 33.6 Å². The molecule has 8 heteroatoms. The third-order valence-corrected chi connectivity index (χ3v) is 6.21. The number of rotatable bonds is 3. The molecule has 2 saturated heterocycles. The maximum Gasteiger partial charge on any atom is 0.410 e. The molecule has 0 spiro atoms. The maximum atomic E-state index is 14.7. The highest BCUT2D eigenvalue weighted by molar-refractivity contribution is 7.91. The van der Waals surface area contributed by atoms with Crippen molar-refractivity contribution in [3.63, 3.8) is 0 Å². The summed E-state index contributed by atoms with van der Waals surface area (Å²) in [6.45, 7) is 7.60. The number of nitrogens with zero attached hydrogens (tertiary/aromatic N) is 2. The summed E-state index contributed by atoms with van der Waals surface area (Å²) in [6, 6.07) is 4.93. The quantitative estimate of drug-likeness (QED) is 0.714. The van der Waals surface area contributed by atoms with E-state index in [4.69, 9.17) is 9.47 Å². The number of ether oxygens (including phenoxy) is 2. The number of amides is 1. The molecule has 1 aromatic rings. The number of piperazine rings is 1. The molecule has 0 bridgehead atoms. The third-order valence-electron chi connectivity index (χ3n) is 4.83. The zero-order chi connectivity index (χ0) is 20.3. The van der Waals surface area contributed by atoms with Crippen molar-refractivity contribution in [1.29, 1.82) is 0 Å². The first-order chi connectivity index (χ1) is 13.2. The number of hydrogen-bond donors (Lipinski definition) is 0. The highest BCUT2D eigenvalue weighted by atomic mass is 32.2. The Morgan fingerprint density at radius 1 is 1.18 bits per heavy atom. The standard InChI is InChI=1S/C20H29FN2O4S/c1-20(2,3)27-19(24)23-10-8-22(9-11-23)18-5-4-16(14-17(18)21)26-15-6-12-28(25)13-7-15/h4-5,14-15H,6-13H2,1-3H3/t15-,28+. The molecule has 0 unspecified atom stereocenters. The molecule has 2 heterocycles. The van der Waals surface area contributed by atoms with Crippen LogP contribution >= 0.6 is 0 Å². The lowest BCUT2D eigenvalue weighted by molar-refractivity contribution is 0.0240. The number of anilines is 1. The van der Waals surface area contributed by atoms with Gasteiger partial charge in [-0.3, -0.25) is 0 Å². The first-order valence-corrected chi connectivity index (χ1v) is 11.2. The van der Waals surface area contributed by atoms with Crippen molar-refractivity contribution in [1.82, 2.24) is 4.90 Å². The molecule has 156 valence electrons. The molecule has 0 N–H and O–H groups in total. The Bertz CT molecular complexity index is 681. The minimum atomic E-state index is -0.740. The van der Waals surface area contributed by atoms with Crippen molar-refractivity contribution in [2.45, 2.75) is 45.3 Å². The first kappa shape index (κ1) is 21.0. The zero-order valence-corrected chi connectivity index (χ0v) is 17.6. The topological polar surface area (TPSA) is 65.1 Å². The number of carbonyl (C=O) groups is 1. The van der Waals surface area contributed by atoms with E-state index in [1.165, 1.54) is 6.07 Å². The summed E-state index contributed by atoms with van der Waals surface area (Å²) in [6.07, 6.45) is 1.15. The second-order valence-electron chi connectivity index (χ2n) is 8.23. The van der Waals surface area contributed by atoms with Crippen LogP contribution in [0.15, 0.2) is 18.2 Å².